The molecule has 0 aliphatic heterocycles. The third kappa shape index (κ3) is 5.85. The van der Waals surface area contributed by atoms with Crippen LogP contribution in [-0.4, -0.2) is 37.6 Å². The van der Waals surface area contributed by atoms with E-state index in [1.165, 1.54) is 0 Å². The first-order valence-corrected chi connectivity index (χ1v) is 6.66. The molecule has 5 nitrogen and oxygen atoms in total. The third-order valence-corrected chi connectivity index (χ3v) is 2.68. The number of alkyl halides is 1. The van der Waals surface area contributed by atoms with Gasteiger partial charge < -0.3 is 15.4 Å². The molecule has 0 saturated carbocycles. The monoisotopic (exact) mass is 302 g/mol. The summed E-state index contributed by atoms with van der Waals surface area (Å²) in [5.41, 5.74) is 0.496. The van der Waals surface area contributed by atoms with Crippen LogP contribution in [0.3, 0.4) is 0 Å². The van der Waals surface area contributed by atoms with E-state index in [4.69, 9.17) is 16.3 Å². The third-order valence-electron chi connectivity index (χ3n) is 2.14. The van der Waals surface area contributed by atoms with Gasteiger partial charge in [0.1, 0.15) is 6.61 Å². The second-order valence-electron chi connectivity index (χ2n) is 3.52. The van der Waals surface area contributed by atoms with Gasteiger partial charge in [0.2, 0.25) is 0 Å². The molecule has 0 aromatic heterocycles. The maximum atomic E-state index is 11.8. The van der Waals surface area contributed by atoms with Crippen molar-refractivity contribution in [3.8, 4) is 0 Å². The largest absolute Gasteiger partial charge is 0.448 e. The molecule has 0 radical (unpaired) electrons. The highest BCUT2D eigenvalue weighted by molar-refractivity contribution is 7.80. The lowest BCUT2D eigenvalue weighted by Gasteiger charge is -2.08. The van der Waals surface area contributed by atoms with Crippen molar-refractivity contribution in [2.75, 3.05) is 25.6 Å². The number of thiol groups is 1. The van der Waals surface area contributed by atoms with Gasteiger partial charge in [-0.2, -0.15) is 0 Å². The van der Waals surface area contributed by atoms with Gasteiger partial charge in [-0.15, -0.1) is 24.2 Å². The molecule has 0 bridgehead atoms. The predicted octanol–water partition coefficient (Wildman–Crippen LogP) is 1.67. The molecule has 104 valence electrons. The second-order valence-corrected chi connectivity index (χ2v) is 4.38. The number of hydrogen-bond acceptors (Lipinski definition) is 4. The number of alkyl carbamates (subject to hydrolysis) is 1. The standard InChI is InChI=1S/C12H15ClN2O3S/c13-5-8-18-12(17)15-7-6-14-11(16)9-3-1-2-4-10(9)19/h1-4,19H,5-8H2,(H,14,16)(H,15,17). The van der Waals surface area contributed by atoms with E-state index in [9.17, 15) is 9.59 Å². The minimum absolute atomic E-state index is 0.160. The van der Waals surface area contributed by atoms with Crippen molar-refractivity contribution >= 4 is 36.2 Å². The fraction of sp³-hybridized carbons (Fsp3) is 0.333. The Morgan fingerprint density at radius 3 is 2.58 bits per heavy atom. The number of rotatable bonds is 6. The predicted molar refractivity (Wildman–Crippen MR) is 76.1 cm³/mol. The molecule has 1 aromatic carbocycles. The molecule has 19 heavy (non-hydrogen) atoms. The van der Waals surface area contributed by atoms with Crippen molar-refractivity contribution in [2.45, 2.75) is 4.90 Å². The molecule has 0 fully saturated rings. The lowest BCUT2D eigenvalue weighted by atomic mass is 10.2. The summed E-state index contributed by atoms with van der Waals surface area (Å²) >= 11 is 9.55. The Balaban J connectivity index is 2.25. The van der Waals surface area contributed by atoms with Gasteiger partial charge in [-0.3, -0.25) is 4.79 Å². The van der Waals surface area contributed by atoms with Crippen molar-refractivity contribution in [3.05, 3.63) is 29.8 Å². The molecule has 2 N–H and O–H groups in total. The Kier molecular flexibility index (Phi) is 7.14. The van der Waals surface area contributed by atoms with Crippen LogP contribution in [0.1, 0.15) is 10.4 Å². The molecule has 7 heteroatoms. The van der Waals surface area contributed by atoms with Crippen LogP contribution in [0.5, 0.6) is 0 Å². The van der Waals surface area contributed by atoms with Crippen molar-refractivity contribution in [1.29, 1.82) is 0 Å². The zero-order valence-corrected chi connectivity index (χ0v) is 11.8. The maximum absolute atomic E-state index is 11.8. The first-order chi connectivity index (χ1) is 9.15. The Labute approximate surface area is 122 Å². The lowest BCUT2D eigenvalue weighted by molar-refractivity contribution is 0.0949. The second kappa shape index (κ2) is 8.66. The quantitative estimate of drug-likeness (QED) is 0.425. The summed E-state index contributed by atoms with van der Waals surface area (Å²) in [6.07, 6.45) is -0.551. The first kappa shape index (κ1) is 15.7. The average Bonchev–Trinajstić information content (AvgIpc) is 2.41. The summed E-state index contributed by atoms with van der Waals surface area (Å²) in [5.74, 6) is 0.0182. The van der Waals surface area contributed by atoms with E-state index < -0.39 is 6.09 Å². The molecular formula is C12H15ClN2O3S. The van der Waals surface area contributed by atoms with E-state index in [1.54, 1.807) is 24.3 Å². The molecule has 0 aliphatic carbocycles. The summed E-state index contributed by atoms with van der Waals surface area (Å²) in [6.45, 7) is 0.741. The van der Waals surface area contributed by atoms with Gasteiger partial charge in [0.15, 0.2) is 0 Å². The molecule has 2 amide bonds. The smallest absolute Gasteiger partial charge is 0.407 e. The fourth-order valence-corrected chi connectivity index (χ4v) is 1.62. The first-order valence-electron chi connectivity index (χ1n) is 5.68. The molecule has 0 heterocycles. The summed E-state index contributed by atoms with van der Waals surface area (Å²) in [7, 11) is 0. The molecule has 1 rings (SSSR count). The van der Waals surface area contributed by atoms with Gasteiger partial charge in [0.05, 0.1) is 11.4 Å². The minimum Gasteiger partial charge on any atom is -0.448 e. The number of halogens is 1. The van der Waals surface area contributed by atoms with Crippen LogP contribution < -0.4 is 10.6 Å². The number of amides is 2. The summed E-state index contributed by atoms with van der Waals surface area (Å²) < 4.78 is 4.70. The van der Waals surface area contributed by atoms with Crippen LogP contribution in [0.15, 0.2) is 29.2 Å². The molecule has 0 atom stereocenters. The molecule has 0 spiro atoms. The Morgan fingerprint density at radius 2 is 1.89 bits per heavy atom. The molecular weight excluding hydrogens is 288 g/mol. The van der Waals surface area contributed by atoms with E-state index in [-0.39, 0.29) is 24.9 Å². The van der Waals surface area contributed by atoms with Crippen molar-refractivity contribution < 1.29 is 14.3 Å². The molecule has 0 aliphatic rings. The van der Waals surface area contributed by atoms with Crippen LogP contribution in [0, 0.1) is 0 Å². The van der Waals surface area contributed by atoms with E-state index >= 15 is 0 Å². The van der Waals surface area contributed by atoms with Gasteiger partial charge in [0, 0.05) is 18.0 Å². The summed E-state index contributed by atoms with van der Waals surface area (Å²) in [5, 5.41) is 5.15. The number of ether oxygens (including phenoxy) is 1. The zero-order chi connectivity index (χ0) is 14.1. The number of carbonyl (C=O) groups excluding carboxylic acids is 2. The van der Waals surface area contributed by atoms with Crippen LogP contribution in [0.25, 0.3) is 0 Å². The number of hydrogen-bond donors (Lipinski definition) is 3. The number of nitrogens with one attached hydrogen (secondary N) is 2. The van der Waals surface area contributed by atoms with E-state index in [1.807, 2.05) is 0 Å². The Hall–Kier alpha value is -1.40. The van der Waals surface area contributed by atoms with E-state index in [0.29, 0.717) is 17.0 Å². The van der Waals surface area contributed by atoms with E-state index in [2.05, 4.69) is 23.3 Å². The highest BCUT2D eigenvalue weighted by Crippen LogP contribution is 2.12. The highest BCUT2D eigenvalue weighted by Gasteiger charge is 2.08. The highest BCUT2D eigenvalue weighted by atomic mass is 35.5. The van der Waals surface area contributed by atoms with Gasteiger partial charge >= 0.3 is 6.09 Å². The lowest BCUT2D eigenvalue weighted by Crippen LogP contribution is -2.35. The zero-order valence-electron chi connectivity index (χ0n) is 10.2. The van der Waals surface area contributed by atoms with Crippen molar-refractivity contribution in [1.82, 2.24) is 10.6 Å². The maximum Gasteiger partial charge on any atom is 0.407 e. The van der Waals surface area contributed by atoms with E-state index in [0.717, 1.165) is 0 Å². The number of benzene rings is 1. The van der Waals surface area contributed by atoms with Crippen molar-refractivity contribution in [3.63, 3.8) is 0 Å². The topological polar surface area (TPSA) is 67.4 Å². The van der Waals surface area contributed by atoms with Crippen LogP contribution in [0.4, 0.5) is 4.79 Å². The van der Waals surface area contributed by atoms with Crippen molar-refractivity contribution in [2.24, 2.45) is 0 Å². The van der Waals surface area contributed by atoms with Crippen LogP contribution in [-0.2, 0) is 4.74 Å². The summed E-state index contributed by atoms with van der Waals surface area (Å²) in [4.78, 5) is 23.4. The van der Waals surface area contributed by atoms with Gasteiger partial charge in [-0.25, -0.2) is 4.79 Å². The molecule has 1 aromatic rings. The Bertz CT molecular complexity index is 443. The Morgan fingerprint density at radius 1 is 1.21 bits per heavy atom. The van der Waals surface area contributed by atoms with Crippen LogP contribution in [0.2, 0.25) is 0 Å². The van der Waals surface area contributed by atoms with Gasteiger partial charge in [-0.05, 0) is 12.1 Å². The molecule has 0 unspecified atom stereocenters. The normalized spacial score (nSPS) is 9.79. The average molecular weight is 303 g/mol. The minimum atomic E-state index is -0.551. The van der Waals surface area contributed by atoms with Gasteiger partial charge in [-0.1, -0.05) is 12.1 Å². The van der Waals surface area contributed by atoms with Gasteiger partial charge in [0.25, 0.3) is 5.91 Å². The number of carbonyl (C=O) groups is 2. The molecule has 0 saturated heterocycles. The SMILES string of the molecule is O=C(NCCNC(=O)c1ccccc1S)OCCCl. The summed E-state index contributed by atoms with van der Waals surface area (Å²) in [6, 6.07) is 6.98. The fourth-order valence-electron chi connectivity index (χ4n) is 1.28. The van der Waals surface area contributed by atoms with Crippen LogP contribution >= 0.6 is 24.2 Å².